The fraction of sp³-hybridized carbons (Fsp3) is 0.632. The number of carbonyl (C=O) groups is 1. The maximum absolute atomic E-state index is 12.5. The van der Waals surface area contributed by atoms with Crippen molar-refractivity contribution in [1.82, 2.24) is 9.80 Å². The van der Waals surface area contributed by atoms with Gasteiger partial charge in [-0.25, -0.2) is 0 Å². The monoisotopic (exact) mass is 300 g/mol. The molecule has 120 valence electrons. The Hall–Kier alpha value is -1.35. The van der Waals surface area contributed by atoms with Crippen molar-refractivity contribution in [2.75, 3.05) is 32.7 Å². The van der Waals surface area contributed by atoms with Gasteiger partial charge in [0.1, 0.15) is 0 Å². The number of likely N-dealkylation sites (tertiary alicyclic amines) is 2. The first-order chi connectivity index (χ1) is 10.7. The van der Waals surface area contributed by atoms with Crippen LogP contribution in [0.4, 0.5) is 0 Å². The van der Waals surface area contributed by atoms with E-state index < -0.39 is 0 Å². The predicted molar refractivity (Wildman–Crippen MR) is 90.1 cm³/mol. The Bertz CT molecular complexity index is 500. The summed E-state index contributed by atoms with van der Waals surface area (Å²) in [7, 11) is 0. The second-order valence-corrected chi connectivity index (χ2v) is 6.94. The number of benzene rings is 1. The van der Waals surface area contributed by atoms with Gasteiger partial charge >= 0.3 is 0 Å². The van der Waals surface area contributed by atoms with Crippen LogP contribution < -0.4 is 0 Å². The summed E-state index contributed by atoms with van der Waals surface area (Å²) < 4.78 is 0. The zero-order chi connectivity index (χ0) is 15.4. The minimum Gasteiger partial charge on any atom is -0.339 e. The molecule has 0 aliphatic carbocycles. The summed E-state index contributed by atoms with van der Waals surface area (Å²) in [5.41, 5.74) is 2.00. The molecule has 1 aromatic carbocycles. The third-order valence-electron chi connectivity index (χ3n) is 5.22. The number of nitrogens with zero attached hydrogens (tertiary/aromatic N) is 2. The third-order valence-corrected chi connectivity index (χ3v) is 5.22. The summed E-state index contributed by atoms with van der Waals surface area (Å²) in [6, 6.07) is 7.96. The topological polar surface area (TPSA) is 23.6 Å². The summed E-state index contributed by atoms with van der Waals surface area (Å²) in [4.78, 5) is 17.2. The van der Waals surface area contributed by atoms with E-state index in [0.717, 1.165) is 30.1 Å². The third kappa shape index (κ3) is 3.89. The average Bonchev–Trinajstić information content (AvgIpc) is 3.06. The molecule has 22 heavy (non-hydrogen) atoms. The Morgan fingerprint density at radius 3 is 2.55 bits per heavy atom. The summed E-state index contributed by atoms with van der Waals surface area (Å²) in [6.07, 6.45) is 6.41. The molecule has 0 saturated carbocycles. The van der Waals surface area contributed by atoms with Gasteiger partial charge in [-0.05, 0) is 76.7 Å². The molecule has 2 aliphatic heterocycles. The highest BCUT2D eigenvalue weighted by atomic mass is 16.2. The van der Waals surface area contributed by atoms with Crippen molar-refractivity contribution in [3.8, 4) is 0 Å². The van der Waals surface area contributed by atoms with Crippen molar-refractivity contribution in [2.45, 2.75) is 39.0 Å². The number of rotatable bonds is 4. The van der Waals surface area contributed by atoms with E-state index in [9.17, 15) is 4.79 Å². The average molecular weight is 300 g/mol. The highest BCUT2D eigenvalue weighted by molar-refractivity contribution is 5.94. The van der Waals surface area contributed by atoms with Crippen molar-refractivity contribution in [3.05, 3.63) is 35.4 Å². The fourth-order valence-corrected chi connectivity index (χ4v) is 3.76. The first-order valence-corrected chi connectivity index (χ1v) is 8.80. The lowest BCUT2D eigenvalue weighted by Crippen LogP contribution is -2.39. The number of carbonyl (C=O) groups excluding carboxylic acids is 1. The Labute approximate surface area is 134 Å². The van der Waals surface area contributed by atoms with Crippen LogP contribution in [0.3, 0.4) is 0 Å². The second-order valence-electron chi connectivity index (χ2n) is 6.94. The minimum atomic E-state index is 0.210. The maximum atomic E-state index is 12.5. The van der Waals surface area contributed by atoms with Gasteiger partial charge in [0.05, 0.1) is 0 Å². The van der Waals surface area contributed by atoms with Gasteiger partial charge in [0, 0.05) is 18.7 Å². The standard InChI is InChI=1S/C19H28N2O/c1-16-5-4-6-18(15-16)19(22)21-13-8-17(9-14-21)7-12-20-10-2-3-11-20/h4-6,15,17H,2-3,7-14H2,1H3. The van der Waals surface area contributed by atoms with E-state index in [1.165, 1.54) is 51.7 Å². The smallest absolute Gasteiger partial charge is 0.253 e. The van der Waals surface area contributed by atoms with E-state index in [4.69, 9.17) is 0 Å². The molecule has 3 heteroatoms. The highest BCUT2D eigenvalue weighted by Gasteiger charge is 2.24. The van der Waals surface area contributed by atoms with Crippen LogP contribution in [0.1, 0.15) is 48.0 Å². The van der Waals surface area contributed by atoms with Crippen LogP contribution in [0.5, 0.6) is 0 Å². The first-order valence-electron chi connectivity index (χ1n) is 8.80. The molecule has 1 aromatic rings. The quantitative estimate of drug-likeness (QED) is 0.851. The molecule has 3 rings (SSSR count). The molecule has 1 amide bonds. The maximum Gasteiger partial charge on any atom is 0.253 e. The van der Waals surface area contributed by atoms with Gasteiger partial charge in [0.2, 0.25) is 0 Å². The lowest BCUT2D eigenvalue weighted by molar-refractivity contribution is 0.0682. The molecule has 0 bridgehead atoms. The molecule has 2 aliphatic rings. The summed E-state index contributed by atoms with van der Waals surface area (Å²) in [5.74, 6) is 1.02. The van der Waals surface area contributed by atoms with E-state index in [0.29, 0.717) is 0 Å². The molecule has 0 radical (unpaired) electrons. The molecule has 0 N–H and O–H groups in total. The molecule has 2 fully saturated rings. The Morgan fingerprint density at radius 1 is 1.14 bits per heavy atom. The lowest BCUT2D eigenvalue weighted by atomic mass is 9.93. The number of hydrogen-bond donors (Lipinski definition) is 0. The Kier molecular flexibility index (Phi) is 5.14. The van der Waals surface area contributed by atoms with Crippen LogP contribution in [-0.4, -0.2) is 48.4 Å². The molecular formula is C19H28N2O. The van der Waals surface area contributed by atoms with Crippen LogP contribution >= 0.6 is 0 Å². The summed E-state index contributed by atoms with van der Waals surface area (Å²) in [5, 5.41) is 0. The van der Waals surface area contributed by atoms with Gasteiger partial charge in [-0.3, -0.25) is 4.79 Å². The van der Waals surface area contributed by atoms with Crippen molar-refractivity contribution in [2.24, 2.45) is 5.92 Å². The first kappa shape index (κ1) is 15.5. The number of hydrogen-bond acceptors (Lipinski definition) is 2. The number of amides is 1. The molecule has 0 atom stereocenters. The van der Waals surface area contributed by atoms with Gasteiger partial charge in [-0.15, -0.1) is 0 Å². The molecule has 2 saturated heterocycles. The van der Waals surface area contributed by atoms with Gasteiger partial charge in [0.25, 0.3) is 5.91 Å². The molecule has 0 spiro atoms. The molecule has 3 nitrogen and oxygen atoms in total. The van der Waals surface area contributed by atoms with Crippen LogP contribution in [0, 0.1) is 12.8 Å². The normalized spacial score (nSPS) is 20.5. The van der Waals surface area contributed by atoms with E-state index >= 15 is 0 Å². The minimum absolute atomic E-state index is 0.210. The SMILES string of the molecule is Cc1cccc(C(=O)N2CCC(CCN3CCCC3)CC2)c1. The van der Waals surface area contributed by atoms with E-state index in [-0.39, 0.29) is 5.91 Å². The van der Waals surface area contributed by atoms with E-state index in [1.54, 1.807) is 0 Å². The fourth-order valence-electron chi connectivity index (χ4n) is 3.76. The molecule has 0 aromatic heterocycles. The molecule has 0 unspecified atom stereocenters. The number of aryl methyl sites for hydroxylation is 1. The van der Waals surface area contributed by atoms with Crippen molar-refractivity contribution >= 4 is 5.91 Å². The van der Waals surface area contributed by atoms with Crippen molar-refractivity contribution in [3.63, 3.8) is 0 Å². The zero-order valence-corrected chi connectivity index (χ0v) is 13.8. The van der Waals surface area contributed by atoms with Gasteiger partial charge in [0.15, 0.2) is 0 Å². The Morgan fingerprint density at radius 2 is 1.86 bits per heavy atom. The molecular weight excluding hydrogens is 272 g/mol. The lowest BCUT2D eigenvalue weighted by Gasteiger charge is -2.33. The zero-order valence-electron chi connectivity index (χ0n) is 13.8. The Balaban J connectivity index is 1.45. The van der Waals surface area contributed by atoms with Crippen LogP contribution in [-0.2, 0) is 0 Å². The summed E-state index contributed by atoms with van der Waals surface area (Å²) in [6.45, 7) is 7.75. The van der Waals surface area contributed by atoms with Crippen LogP contribution in [0.15, 0.2) is 24.3 Å². The van der Waals surface area contributed by atoms with Crippen LogP contribution in [0.25, 0.3) is 0 Å². The highest BCUT2D eigenvalue weighted by Crippen LogP contribution is 2.23. The van der Waals surface area contributed by atoms with Crippen molar-refractivity contribution in [1.29, 1.82) is 0 Å². The molecule has 2 heterocycles. The second kappa shape index (κ2) is 7.28. The van der Waals surface area contributed by atoms with Gasteiger partial charge in [-0.1, -0.05) is 17.7 Å². The van der Waals surface area contributed by atoms with E-state index in [2.05, 4.69) is 4.90 Å². The van der Waals surface area contributed by atoms with Gasteiger partial charge < -0.3 is 9.80 Å². The van der Waals surface area contributed by atoms with Gasteiger partial charge in [-0.2, -0.15) is 0 Å². The van der Waals surface area contributed by atoms with E-state index in [1.807, 2.05) is 36.1 Å². The largest absolute Gasteiger partial charge is 0.339 e. The predicted octanol–water partition coefficient (Wildman–Crippen LogP) is 3.33. The number of piperidine rings is 1. The van der Waals surface area contributed by atoms with Crippen LogP contribution in [0.2, 0.25) is 0 Å². The summed E-state index contributed by atoms with van der Waals surface area (Å²) >= 11 is 0. The van der Waals surface area contributed by atoms with Crippen molar-refractivity contribution < 1.29 is 4.79 Å².